The number of aromatic nitrogens is 1. The molecule has 4 nitrogen and oxygen atoms in total. The lowest BCUT2D eigenvalue weighted by atomic mass is 10.3. The number of hydrogen-bond acceptors (Lipinski definition) is 5. The van der Waals surface area contributed by atoms with Gasteiger partial charge in [-0.2, -0.15) is 0 Å². The van der Waals surface area contributed by atoms with Gasteiger partial charge in [-0.15, -0.1) is 22.7 Å². The van der Waals surface area contributed by atoms with Gasteiger partial charge in [0, 0.05) is 11.4 Å². The maximum atomic E-state index is 13.0. The summed E-state index contributed by atoms with van der Waals surface area (Å²) >= 11 is 8.62. The monoisotopic (exact) mass is 368 g/mol. The zero-order valence-electron chi connectivity index (χ0n) is 11.6. The summed E-state index contributed by atoms with van der Waals surface area (Å²) < 4.78 is 18.9. The maximum Gasteiger partial charge on any atom is 0.264 e. The van der Waals surface area contributed by atoms with Gasteiger partial charge in [0.1, 0.15) is 11.6 Å². The molecule has 0 bridgehead atoms. The normalized spacial score (nSPS) is 10.5. The number of carbonyl (C=O) groups excluding carboxylic acids is 1. The predicted octanol–water partition coefficient (Wildman–Crippen LogP) is 4.68. The first-order valence-electron chi connectivity index (χ1n) is 6.49. The maximum absolute atomic E-state index is 13.0. The van der Waals surface area contributed by atoms with Crippen molar-refractivity contribution in [3.63, 3.8) is 0 Å². The third-order valence-electron chi connectivity index (χ3n) is 2.74. The standard InChI is InChI=1S/C15H10ClFN2O2S2/c16-13-5-4-12(23-13)11-8-22-15(18-11)19-14(20)7-21-10-3-1-2-9(17)6-10/h1-6,8H,7H2,(H,18,19,20). The SMILES string of the molecule is O=C(COc1cccc(F)c1)Nc1nc(-c2ccc(Cl)s2)cs1. The zero-order chi connectivity index (χ0) is 16.2. The summed E-state index contributed by atoms with van der Waals surface area (Å²) in [6.07, 6.45) is 0. The minimum atomic E-state index is -0.415. The fourth-order valence-electron chi connectivity index (χ4n) is 1.76. The lowest BCUT2D eigenvalue weighted by molar-refractivity contribution is -0.118. The fourth-order valence-corrected chi connectivity index (χ4v) is 3.56. The van der Waals surface area contributed by atoms with Crippen LogP contribution in [0.3, 0.4) is 0 Å². The van der Waals surface area contributed by atoms with Crippen LogP contribution in [0.1, 0.15) is 0 Å². The molecule has 1 N–H and O–H groups in total. The average molecular weight is 369 g/mol. The smallest absolute Gasteiger partial charge is 0.264 e. The first-order chi connectivity index (χ1) is 11.1. The lowest BCUT2D eigenvalue weighted by Gasteiger charge is -2.05. The van der Waals surface area contributed by atoms with Crippen LogP contribution in [0.2, 0.25) is 4.34 Å². The Morgan fingerprint density at radius 3 is 2.96 bits per heavy atom. The number of rotatable bonds is 5. The van der Waals surface area contributed by atoms with Crippen molar-refractivity contribution >= 4 is 45.3 Å². The second-order valence-electron chi connectivity index (χ2n) is 4.44. The van der Waals surface area contributed by atoms with E-state index in [2.05, 4.69) is 10.3 Å². The molecule has 0 atom stereocenters. The number of hydrogen-bond donors (Lipinski definition) is 1. The topological polar surface area (TPSA) is 51.2 Å². The molecule has 0 spiro atoms. The molecule has 23 heavy (non-hydrogen) atoms. The van der Waals surface area contributed by atoms with Crippen molar-refractivity contribution in [2.24, 2.45) is 0 Å². The Balaban J connectivity index is 1.57. The predicted molar refractivity (Wildman–Crippen MR) is 91.0 cm³/mol. The van der Waals surface area contributed by atoms with Gasteiger partial charge >= 0.3 is 0 Å². The highest BCUT2D eigenvalue weighted by atomic mass is 35.5. The molecule has 0 saturated carbocycles. The molecular weight excluding hydrogens is 359 g/mol. The van der Waals surface area contributed by atoms with Gasteiger partial charge in [-0.25, -0.2) is 9.37 Å². The van der Waals surface area contributed by atoms with E-state index in [1.54, 1.807) is 12.1 Å². The van der Waals surface area contributed by atoms with Crippen LogP contribution in [0.15, 0.2) is 41.8 Å². The van der Waals surface area contributed by atoms with E-state index < -0.39 is 5.82 Å². The van der Waals surface area contributed by atoms with Crippen LogP contribution in [-0.2, 0) is 4.79 Å². The third kappa shape index (κ3) is 4.28. The van der Waals surface area contributed by atoms with E-state index in [0.29, 0.717) is 15.2 Å². The number of nitrogens with zero attached hydrogens (tertiary/aromatic N) is 1. The summed E-state index contributed by atoms with van der Waals surface area (Å²) in [7, 11) is 0. The highest BCUT2D eigenvalue weighted by molar-refractivity contribution is 7.20. The Bertz CT molecular complexity index is 834. The summed E-state index contributed by atoms with van der Waals surface area (Å²) in [5, 5.41) is 4.95. The molecule has 0 radical (unpaired) electrons. The molecule has 1 aromatic carbocycles. The van der Waals surface area contributed by atoms with Crippen LogP contribution in [0.5, 0.6) is 5.75 Å². The highest BCUT2D eigenvalue weighted by Gasteiger charge is 2.10. The summed E-state index contributed by atoms with van der Waals surface area (Å²) in [4.78, 5) is 17.1. The molecule has 0 aliphatic carbocycles. The minimum Gasteiger partial charge on any atom is -0.484 e. The van der Waals surface area contributed by atoms with Crippen molar-refractivity contribution in [2.45, 2.75) is 0 Å². The number of thiazole rings is 1. The van der Waals surface area contributed by atoms with E-state index in [1.807, 2.05) is 11.4 Å². The van der Waals surface area contributed by atoms with Crippen LogP contribution < -0.4 is 10.1 Å². The molecule has 3 aromatic rings. The van der Waals surface area contributed by atoms with E-state index in [4.69, 9.17) is 16.3 Å². The van der Waals surface area contributed by atoms with Gasteiger partial charge in [0.25, 0.3) is 5.91 Å². The van der Waals surface area contributed by atoms with Gasteiger partial charge in [-0.05, 0) is 24.3 Å². The van der Waals surface area contributed by atoms with Crippen LogP contribution >= 0.6 is 34.3 Å². The number of thiophene rings is 1. The van der Waals surface area contributed by atoms with Gasteiger partial charge in [-0.1, -0.05) is 17.7 Å². The molecule has 118 valence electrons. The Labute approximate surface area is 144 Å². The van der Waals surface area contributed by atoms with Gasteiger partial charge < -0.3 is 4.74 Å². The Morgan fingerprint density at radius 1 is 1.35 bits per heavy atom. The third-order valence-corrected chi connectivity index (χ3v) is 4.75. The van der Waals surface area contributed by atoms with Gasteiger partial charge in [0.15, 0.2) is 11.7 Å². The molecule has 2 heterocycles. The first-order valence-corrected chi connectivity index (χ1v) is 8.57. The van der Waals surface area contributed by atoms with E-state index >= 15 is 0 Å². The Hall–Kier alpha value is -1.96. The largest absolute Gasteiger partial charge is 0.484 e. The van der Waals surface area contributed by atoms with Crippen molar-refractivity contribution in [2.75, 3.05) is 11.9 Å². The van der Waals surface area contributed by atoms with Crippen molar-refractivity contribution in [3.05, 3.63) is 51.9 Å². The molecule has 2 aromatic heterocycles. The number of anilines is 1. The van der Waals surface area contributed by atoms with Crippen molar-refractivity contribution < 1.29 is 13.9 Å². The quantitative estimate of drug-likeness (QED) is 0.711. The summed E-state index contributed by atoms with van der Waals surface area (Å²) in [5.41, 5.74) is 0.758. The molecule has 8 heteroatoms. The molecule has 3 rings (SSSR count). The van der Waals surface area contributed by atoms with Crippen LogP contribution in [0.4, 0.5) is 9.52 Å². The molecule has 0 fully saturated rings. The van der Waals surface area contributed by atoms with Crippen LogP contribution in [-0.4, -0.2) is 17.5 Å². The van der Waals surface area contributed by atoms with Crippen molar-refractivity contribution in [1.29, 1.82) is 0 Å². The number of amides is 1. The Kier molecular flexibility index (Phi) is 4.90. The second-order valence-corrected chi connectivity index (χ2v) is 7.01. The van der Waals surface area contributed by atoms with E-state index in [0.717, 1.165) is 10.6 Å². The Morgan fingerprint density at radius 2 is 2.22 bits per heavy atom. The van der Waals surface area contributed by atoms with Crippen molar-refractivity contribution in [3.8, 4) is 16.3 Å². The minimum absolute atomic E-state index is 0.219. The fraction of sp³-hybridized carbons (Fsp3) is 0.0667. The van der Waals surface area contributed by atoms with Gasteiger partial charge in [0.2, 0.25) is 0 Å². The molecule has 0 saturated heterocycles. The number of ether oxygens (including phenoxy) is 1. The van der Waals surface area contributed by atoms with Gasteiger partial charge in [0.05, 0.1) is 14.9 Å². The lowest BCUT2D eigenvalue weighted by Crippen LogP contribution is -2.20. The molecule has 0 aliphatic rings. The second kappa shape index (κ2) is 7.08. The number of halogens is 2. The van der Waals surface area contributed by atoms with E-state index in [1.165, 1.54) is 40.9 Å². The number of carbonyl (C=O) groups is 1. The molecule has 0 aliphatic heterocycles. The number of benzene rings is 1. The van der Waals surface area contributed by atoms with Crippen LogP contribution in [0, 0.1) is 5.82 Å². The summed E-state index contributed by atoms with van der Waals surface area (Å²) in [6, 6.07) is 9.29. The zero-order valence-corrected chi connectivity index (χ0v) is 14.0. The molecule has 0 unspecified atom stereocenters. The van der Waals surface area contributed by atoms with Gasteiger partial charge in [-0.3, -0.25) is 10.1 Å². The summed E-state index contributed by atoms with van der Waals surface area (Å²) in [6.45, 7) is -0.219. The van der Waals surface area contributed by atoms with Crippen LogP contribution in [0.25, 0.3) is 10.6 Å². The van der Waals surface area contributed by atoms with E-state index in [9.17, 15) is 9.18 Å². The van der Waals surface area contributed by atoms with E-state index in [-0.39, 0.29) is 12.5 Å². The molecular formula is C15H10ClFN2O2S2. The highest BCUT2D eigenvalue weighted by Crippen LogP contribution is 2.32. The van der Waals surface area contributed by atoms with Crippen molar-refractivity contribution in [1.82, 2.24) is 4.98 Å². The number of nitrogens with one attached hydrogen (secondary N) is 1. The first kappa shape index (κ1) is 15.9. The summed E-state index contributed by atoms with van der Waals surface area (Å²) in [5.74, 6) is -0.477. The molecule has 1 amide bonds. The average Bonchev–Trinajstić information content (AvgIpc) is 3.14.